The molecule has 1 aromatic rings. The lowest BCUT2D eigenvalue weighted by Crippen LogP contribution is -2.48. The number of anilines is 1. The van der Waals surface area contributed by atoms with Crippen molar-refractivity contribution in [3.05, 3.63) is 59.5 Å². The molecule has 33 heavy (non-hydrogen) atoms. The van der Waals surface area contributed by atoms with Crippen LogP contribution in [0.5, 0.6) is 5.75 Å². The van der Waals surface area contributed by atoms with E-state index >= 15 is 0 Å². The molecule has 0 N–H and O–H groups in total. The third kappa shape index (κ3) is 3.65. The van der Waals surface area contributed by atoms with Crippen molar-refractivity contribution in [3.63, 3.8) is 0 Å². The van der Waals surface area contributed by atoms with Gasteiger partial charge in [-0.15, -0.1) is 0 Å². The Labute approximate surface area is 194 Å². The smallest absolute Gasteiger partial charge is 0.355 e. The second-order valence-corrected chi connectivity index (χ2v) is 9.90. The van der Waals surface area contributed by atoms with Crippen LogP contribution in [-0.2, 0) is 24.5 Å². The lowest BCUT2D eigenvalue weighted by molar-refractivity contribution is -0.139. The highest BCUT2D eigenvalue weighted by atomic mass is 16.5. The first-order valence-electron chi connectivity index (χ1n) is 11.7. The zero-order chi connectivity index (χ0) is 23.2. The monoisotopic (exact) mass is 449 g/mol. The summed E-state index contributed by atoms with van der Waals surface area (Å²) >= 11 is 0. The van der Waals surface area contributed by atoms with Crippen LogP contribution in [0.3, 0.4) is 0 Å². The average Bonchev–Trinajstić information content (AvgIpc) is 3.05. The fraction of sp³-hybridized carbons (Fsp3) is 0.481. The molecule has 1 heterocycles. The molecule has 4 fully saturated rings. The van der Waals surface area contributed by atoms with E-state index in [4.69, 9.17) is 14.2 Å². The molecule has 4 bridgehead atoms. The Bertz CT molecular complexity index is 1030. The lowest BCUT2D eigenvalue weighted by atomic mass is 9.48. The Kier molecular flexibility index (Phi) is 5.55. The Hall–Kier alpha value is -3.02. The first-order valence-corrected chi connectivity index (χ1v) is 11.7. The minimum atomic E-state index is -0.598. The maximum absolute atomic E-state index is 12.8. The highest BCUT2D eigenvalue weighted by Crippen LogP contribution is 2.62. The van der Waals surface area contributed by atoms with Crippen molar-refractivity contribution in [2.75, 3.05) is 26.2 Å². The maximum atomic E-state index is 12.8. The molecule has 0 aromatic heterocycles. The van der Waals surface area contributed by atoms with Crippen LogP contribution in [0.15, 0.2) is 53.9 Å². The fourth-order valence-electron chi connectivity index (χ4n) is 7.07. The van der Waals surface area contributed by atoms with E-state index in [2.05, 4.69) is 6.07 Å². The van der Waals surface area contributed by atoms with Crippen LogP contribution in [0.25, 0.3) is 0 Å². The van der Waals surface area contributed by atoms with E-state index in [1.165, 1.54) is 58.3 Å². The van der Waals surface area contributed by atoms with Crippen LogP contribution >= 0.6 is 0 Å². The number of methoxy groups -OCH3 is 3. The van der Waals surface area contributed by atoms with Crippen LogP contribution in [0.2, 0.25) is 0 Å². The summed E-state index contributed by atoms with van der Waals surface area (Å²) < 4.78 is 15.9. The van der Waals surface area contributed by atoms with Crippen molar-refractivity contribution in [2.45, 2.75) is 43.9 Å². The van der Waals surface area contributed by atoms with Crippen molar-refractivity contribution >= 4 is 17.6 Å². The van der Waals surface area contributed by atoms with E-state index in [0.29, 0.717) is 0 Å². The molecule has 6 rings (SSSR count). The third-order valence-corrected chi connectivity index (χ3v) is 7.96. The number of hydrogen-bond acceptors (Lipinski definition) is 6. The van der Waals surface area contributed by atoms with Gasteiger partial charge in [-0.3, -0.25) is 0 Å². The minimum absolute atomic E-state index is 0.115. The quantitative estimate of drug-likeness (QED) is 0.610. The summed E-state index contributed by atoms with van der Waals surface area (Å²) in [6.45, 7) is 0. The Morgan fingerprint density at radius 1 is 0.909 bits per heavy atom. The van der Waals surface area contributed by atoms with E-state index in [9.17, 15) is 9.59 Å². The fourth-order valence-corrected chi connectivity index (χ4v) is 7.07. The topological polar surface area (TPSA) is 65.1 Å². The van der Waals surface area contributed by atoms with Gasteiger partial charge in [0.05, 0.1) is 26.9 Å². The number of allylic oxidation sites excluding steroid dienone is 2. The van der Waals surface area contributed by atoms with E-state index in [0.717, 1.165) is 29.2 Å². The second-order valence-electron chi connectivity index (χ2n) is 9.90. The maximum Gasteiger partial charge on any atom is 0.355 e. The van der Waals surface area contributed by atoms with E-state index in [1.54, 1.807) is 36.4 Å². The Morgan fingerprint density at radius 2 is 1.55 bits per heavy atom. The molecule has 1 aromatic carbocycles. The molecule has 1 aliphatic heterocycles. The van der Waals surface area contributed by atoms with Gasteiger partial charge in [-0.05, 0) is 92.0 Å². The minimum Gasteiger partial charge on any atom is -0.496 e. The summed E-state index contributed by atoms with van der Waals surface area (Å²) in [7, 11) is 4.35. The van der Waals surface area contributed by atoms with Crippen molar-refractivity contribution in [3.8, 4) is 5.75 Å². The van der Waals surface area contributed by atoms with Gasteiger partial charge in [0.15, 0.2) is 0 Å². The van der Waals surface area contributed by atoms with Gasteiger partial charge in [0.1, 0.15) is 11.4 Å². The SMILES string of the molecule is COC(=O)C1=C(C(=O)OC)N(c2ccc(OC)c(C34CC5CC(CC(C5)C3)C4)c2)C=CC=C1. The van der Waals surface area contributed by atoms with Crippen LogP contribution in [0, 0.1) is 17.8 Å². The number of esters is 2. The van der Waals surface area contributed by atoms with Crippen LogP contribution in [0.1, 0.15) is 44.1 Å². The molecular formula is C27H31NO5. The van der Waals surface area contributed by atoms with Gasteiger partial charge in [0.25, 0.3) is 0 Å². The summed E-state index contributed by atoms with van der Waals surface area (Å²) in [5, 5.41) is 0. The van der Waals surface area contributed by atoms with Crippen molar-refractivity contribution < 1.29 is 23.8 Å². The van der Waals surface area contributed by atoms with E-state index in [-0.39, 0.29) is 16.7 Å². The molecule has 0 amide bonds. The molecule has 4 saturated carbocycles. The first kappa shape index (κ1) is 21.8. The van der Waals surface area contributed by atoms with Crippen molar-refractivity contribution in [2.24, 2.45) is 17.8 Å². The standard InChI is InChI=1S/C27H31NO5/c1-31-23-8-7-20(13-22(23)27-14-17-10-18(15-27)12-19(11-17)16-27)28-9-5-4-6-21(25(29)32-2)24(28)26(30)33-3/h4-9,13,17-19H,10-12,14-16H2,1-3H3. The van der Waals surface area contributed by atoms with Crippen LogP contribution < -0.4 is 9.64 Å². The molecule has 0 atom stereocenters. The van der Waals surface area contributed by atoms with Gasteiger partial charge >= 0.3 is 11.9 Å². The van der Waals surface area contributed by atoms with Gasteiger partial charge in [-0.2, -0.15) is 0 Å². The summed E-state index contributed by atoms with van der Waals surface area (Å²) in [5.41, 5.74) is 2.42. The van der Waals surface area contributed by atoms with Crippen molar-refractivity contribution in [1.29, 1.82) is 0 Å². The number of ether oxygens (including phenoxy) is 3. The van der Waals surface area contributed by atoms with Gasteiger partial charge < -0.3 is 19.1 Å². The molecule has 0 spiro atoms. The largest absolute Gasteiger partial charge is 0.496 e. The van der Waals surface area contributed by atoms with E-state index < -0.39 is 11.9 Å². The molecule has 4 aliphatic carbocycles. The second kappa shape index (κ2) is 8.40. The molecule has 5 aliphatic rings. The zero-order valence-electron chi connectivity index (χ0n) is 19.5. The molecule has 174 valence electrons. The predicted molar refractivity (Wildman–Crippen MR) is 125 cm³/mol. The third-order valence-electron chi connectivity index (χ3n) is 7.96. The number of carbonyl (C=O) groups excluding carboxylic acids is 2. The number of rotatable bonds is 5. The lowest BCUT2D eigenvalue weighted by Gasteiger charge is -2.57. The van der Waals surface area contributed by atoms with Crippen LogP contribution in [0.4, 0.5) is 5.69 Å². The normalized spacial score (nSPS) is 29.8. The highest BCUT2D eigenvalue weighted by Gasteiger charge is 2.52. The molecule has 6 heteroatoms. The number of nitrogens with zero attached hydrogens (tertiary/aromatic N) is 1. The number of hydrogen-bond donors (Lipinski definition) is 0. The summed E-state index contributed by atoms with van der Waals surface area (Å²) in [6, 6.07) is 6.07. The molecular weight excluding hydrogens is 418 g/mol. The Balaban J connectivity index is 1.63. The van der Waals surface area contributed by atoms with Gasteiger partial charge in [-0.1, -0.05) is 6.08 Å². The summed E-state index contributed by atoms with van der Waals surface area (Å²) in [6.07, 6.45) is 14.6. The van der Waals surface area contributed by atoms with Gasteiger partial charge in [-0.25, -0.2) is 9.59 Å². The predicted octanol–water partition coefficient (Wildman–Crippen LogP) is 4.65. The van der Waals surface area contributed by atoms with Crippen molar-refractivity contribution in [1.82, 2.24) is 0 Å². The Morgan fingerprint density at radius 3 is 2.12 bits per heavy atom. The van der Waals surface area contributed by atoms with E-state index in [1.807, 2.05) is 12.1 Å². The summed E-state index contributed by atoms with van der Waals surface area (Å²) in [4.78, 5) is 27.1. The van der Waals surface area contributed by atoms with Gasteiger partial charge in [0, 0.05) is 17.5 Å². The van der Waals surface area contributed by atoms with Gasteiger partial charge in [0.2, 0.25) is 0 Å². The zero-order valence-corrected chi connectivity index (χ0v) is 19.5. The summed E-state index contributed by atoms with van der Waals surface area (Å²) in [5.74, 6) is 2.10. The van der Waals surface area contributed by atoms with Crippen LogP contribution in [-0.4, -0.2) is 33.3 Å². The average molecular weight is 450 g/mol. The highest BCUT2D eigenvalue weighted by molar-refractivity contribution is 6.05. The molecule has 0 radical (unpaired) electrons. The molecule has 6 nitrogen and oxygen atoms in total. The molecule has 0 saturated heterocycles. The molecule has 0 unspecified atom stereocenters. The number of carbonyl (C=O) groups is 2. The number of benzene rings is 1. The first-order chi connectivity index (χ1) is 16.0.